The monoisotopic (exact) mass is 395 g/mol. The molecule has 0 aliphatic heterocycles. The van der Waals surface area contributed by atoms with Crippen molar-refractivity contribution in [3.05, 3.63) is 64.4 Å². The van der Waals surface area contributed by atoms with Crippen molar-refractivity contribution in [2.45, 2.75) is 11.0 Å². The standard InChI is InChI=1S/C20H17N3O4S/c1-25-14-7-12(8-15(10-14)26-2)19-22-23-20(27-19)28-11-13-9-18(24)21-17-6-4-3-5-16(13)17/h3-10H,11H2,1-2H3,(H,21,24). The third kappa shape index (κ3) is 3.72. The minimum Gasteiger partial charge on any atom is -0.497 e. The van der Waals surface area contributed by atoms with Gasteiger partial charge in [-0.1, -0.05) is 30.0 Å². The molecule has 0 fully saturated rings. The summed E-state index contributed by atoms with van der Waals surface area (Å²) in [6, 6.07) is 14.7. The Labute approximate surface area is 164 Å². The van der Waals surface area contributed by atoms with Gasteiger partial charge < -0.3 is 18.9 Å². The molecule has 4 aromatic rings. The number of benzene rings is 2. The first-order valence-corrected chi connectivity index (χ1v) is 9.45. The fourth-order valence-electron chi connectivity index (χ4n) is 2.85. The first-order valence-electron chi connectivity index (χ1n) is 8.47. The van der Waals surface area contributed by atoms with Crippen LogP contribution in [0.2, 0.25) is 0 Å². The third-order valence-electron chi connectivity index (χ3n) is 4.19. The summed E-state index contributed by atoms with van der Waals surface area (Å²) in [6.07, 6.45) is 0. The van der Waals surface area contributed by atoms with E-state index >= 15 is 0 Å². The highest BCUT2D eigenvalue weighted by Gasteiger charge is 2.13. The summed E-state index contributed by atoms with van der Waals surface area (Å²) in [5.74, 6) is 2.18. The van der Waals surface area contributed by atoms with Crippen LogP contribution >= 0.6 is 11.8 Å². The second-order valence-electron chi connectivity index (χ2n) is 5.97. The van der Waals surface area contributed by atoms with E-state index in [1.807, 2.05) is 24.3 Å². The lowest BCUT2D eigenvalue weighted by Crippen LogP contribution is -2.05. The summed E-state index contributed by atoms with van der Waals surface area (Å²) in [6.45, 7) is 0. The highest BCUT2D eigenvalue weighted by Crippen LogP contribution is 2.31. The molecule has 2 aromatic heterocycles. The highest BCUT2D eigenvalue weighted by molar-refractivity contribution is 7.98. The summed E-state index contributed by atoms with van der Waals surface area (Å²) in [5, 5.41) is 9.62. The van der Waals surface area contributed by atoms with Gasteiger partial charge in [0, 0.05) is 34.4 Å². The molecule has 0 unspecified atom stereocenters. The fraction of sp³-hybridized carbons (Fsp3) is 0.150. The molecule has 0 aliphatic rings. The van der Waals surface area contributed by atoms with Gasteiger partial charge in [0.1, 0.15) is 11.5 Å². The Morgan fingerprint density at radius 3 is 2.54 bits per heavy atom. The molecule has 4 rings (SSSR count). The molecule has 0 atom stereocenters. The van der Waals surface area contributed by atoms with Crippen LogP contribution in [0.3, 0.4) is 0 Å². The number of hydrogen-bond acceptors (Lipinski definition) is 7. The molecule has 8 heteroatoms. The van der Waals surface area contributed by atoms with Crippen molar-refractivity contribution < 1.29 is 13.9 Å². The van der Waals surface area contributed by atoms with Crippen LogP contribution in [0.4, 0.5) is 0 Å². The van der Waals surface area contributed by atoms with Gasteiger partial charge >= 0.3 is 0 Å². The second-order valence-corrected chi connectivity index (χ2v) is 6.89. The van der Waals surface area contributed by atoms with E-state index in [0.717, 1.165) is 16.5 Å². The van der Waals surface area contributed by atoms with Gasteiger partial charge in [-0.05, 0) is 23.8 Å². The number of hydrogen-bond donors (Lipinski definition) is 1. The van der Waals surface area contributed by atoms with Crippen molar-refractivity contribution >= 4 is 22.7 Å². The van der Waals surface area contributed by atoms with Gasteiger partial charge in [0.15, 0.2) is 0 Å². The predicted octanol–water partition coefficient (Wildman–Crippen LogP) is 3.89. The van der Waals surface area contributed by atoms with Crippen LogP contribution in [0, 0.1) is 0 Å². The van der Waals surface area contributed by atoms with Crippen molar-refractivity contribution in [3.63, 3.8) is 0 Å². The lowest BCUT2D eigenvalue weighted by atomic mass is 10.1. The van der Waals surface area contributed by atoms with Crippen LogP contribution in [0.1, 0.15) is 5.56 Å². The minimum atomic E-state index is -0.135. The number of rotatable bonds is 6. The van der Waals surface area contributed by atoms with Crippen LogP contribution in [0.15, 0.2) is 63.0 Å². The molecular weight excluding hydrogens is 378 g/mol. The molecule has 0 saturated heterocycles. The van der Waals surface area contributed by atoms with Crippen LogP contribution < -0.4 is 15.0 Å². The summed E-state index contributed by atoms with van der Waals surface area (Å²) >= 11 is 1.38. The SMILES string of the molecule is COc1cc(OC)cc(-c2nnc(SCc3cc(=O)[nH]c4ccccc34)o2)c1. The van der Waals surface area contributed by atoms with Gasteiger partial charge in [0.05, 0.1) is 14.2 Å². The number of aromatic amines is 1. The number of aromatic nitrogens is 3. The number of para-hydroxylation sites is 1. The highest BCUT2D eigenvalue weighted by atomic mass is 32.2. The Kier molecular flexibility index (Phi) is 5.03. The zero-order valence-electron chi connectivity index (χ0n) is 15.3. The molecule has 0 aliphatic carbocycles. The smallest absolute Gasteiger partial charge is 0.277 e. The van der Waals surface area contributed by atoms with E-state index in [0.29, 0.717) is 33.9 Å². The summed E-state index contributed by atoms with van der Waals surface area (Å²) in [4.78, 5) is 14.7. The first kappa shape index (κ1) is 18.1. The van der Waals surface area contributed by atoms with Gasteiger partial charge in [-0.15, -0.1) is 10.2 Å². The predicted molar refractivity (Wildman–Crippen MR) is 107 cm³/mol. The topological polar surface area (TPSA) is 90.2 Å². The zero-order chi connectivity index (χ0) is 19.5. The average molecular weight is 395 g/mol. The van der Waals surface area contributed by atoms with E-state index in [2.05, 4.69) is 15.2 Å². The van der Waals surface area contributed by atoms with Gasteiger partial charge in [-0.3, -0.25) is 4.79 Å². The van der Waals surface area contributed by atoms with Gasteiger partial charge in [-0.2, -0.15) is 0 Å². The third-order valence-corrected chi connectivity index (χ3v) is 5.06. The van der Waals surface area contributed by atoms with Crippen molar-refractivity contribution in [2.75, 3.05) is 14.2 Å². The summed E-state index contributed by atoms with van der Waals surface area (Å²) in [5.41, 5.74) is 2.29. The molecule has 1 N–H and O–H groups in total. The van der Waals surface area contributed by atoms with Gasteiger partial charge in [0.25, 0.3) is 5.22 Å². The van der Waals surface area contributed by atoms with E-state index < -0.39 is 0 Å². The van der Waals surface area contributed by atoms with E-state index in [9.17, 15) is 4.79 Å². The quantitative estimate of drug-likeness (QED) is 0.495. The van der Waals surface area contributed by atoms with Gasteiger partial charge in [-0.25, -0.2) is 0 Å². The molecule has 0 spiro atoms. The molecular formula is C20H17N3O4S. The molecule has 0 radical (unpaired) electrons. The molecule has 7 nitrogen and oxygen atoms in total. The number of fused-ring (bicyclic) bond motifs is 1. The molecule has 2 aromatic carbocycles. The first-order chi connectivity index (χ1) is 13.7. The van der Waals surface area contributed by atoms with Crippen LogP contribution in [-0.2, 0) is 5.75 Å². The van der Waals surface area contributed by atoms with Gasteiger partial charge in [0.2, 0.25) is 11.4 Å². The molecule has 2 heterocycles. The number of pyridine rings is 1. The maximum Gasteiger partial charge on any atom is 0.277 e. The Morgan fingerprint density at radius 2 is 1.79 bits per heavy atom. The lowest BCUT2D eigenvalue weighted by molar-refractivity contribution is 0.394. The molecule has 28 heavy (non-hydrogen) atoms. The van der Waals surface area contributed by atoms with Crippen molar-refractivity contribution in [1.29, 1.82) is 0 Å². The van der Waals surface area contributed by atoms with Crippen molar-refractivity contribution in [2.24, 2.45) is 0 Å². The molecule has 0 saturated carbocycles. The zero-order valence-corrected chi connectivity index (χ0v) is 16.1. The van der Waals surface area contributed by atoms with Crippen LogP contribution in [0.5, 0.6) is 11.5 Å². The normalized spacial score (nSPS) is 10.9. The number of nitrogens with zero attached hydrogens (tertiary/aromatic N) is 2. The van der Waals surface area contributed by atoms with Crippen LogP contribution in [-0.4, -0.2) is 29.4 Å². The average Bonchev–Trinajstić information content (AvgIpc) is 3.20. The van der Waals surface area contributed by atoms with E-state index in [1.54, 1.807) is 38.5 Å². The number of thioether (sulfide) groups is 1. The Balaban J connectivity index is 1.58. The van der Waals surface area contributed by atoms with E-state index in [1.165, 1.54) is 11.8 Å². The van der Waals surface area contributed by atoms with Crippen molar-refractivity contribution in [3.8, 4) is 23.0 Å². The Bertz CT molecular complexity index is 1160. The summed E-state index contributed by atoms with van der Waals surface area (Å²) in [7, 11) is 3.17. The van der Waals surface area contributed by atoms with E-state index in [4.69, 9.17) is 13.9 Å². The molecule has 142 valence electrons. The largest absolute Gasteiger partial charge is 0.497 e. The Hall–Kier alpha value is -3.26. The number of nitrogens with one attached hydrogen (secondary N) is 1. The maximum atomic E-state index is 11.9. The second kappa shape index (κ2) is 7.77. The number of ether oxygens (including phenoxy) is 2. The fourth-order valence-corrected chi connectivity index (χ4v) is 3.61. The van der Waals surface area contributed by atoms with Crippen molar-refractivity contribution in [1.82, 2.24) is 15.2 Å². The van der Waals surface area contributed by atoms with E-state index in [-0.39, 0.29) is 5.56 Å². The molecule has 0 bridgehead atoms. The Morgan fingerprint density at radius 1 is 1.04 bits per heavy atom. The minimum absolute atomic E-state index is 0.135. The number of H-pyrrole nitrogens is 1. The maximum absolute atomic E-state index is 11.9. The summed E-state index contributed by atoms with van der Waals surface area (Å²) < 4.78 is 16.3. The van der Waals surface area contributed by atoms with Crippen LogP contribution in [0.25, 0.3) is 22.4 Å². The number of methoxy groups -OCH3 is 2. The lowest BCUT2D eigenvalue weighted by Gasteiger charge is -2.06. The molecule has 0 amide bonds.